The SMILES string of the molecule is Cc1cn(-c2ccc(F)cc2F)nc1C(=O)O. The molecule has 1 aromatic carbocycles. The largest absolute Gasteiger partial charge is 0.476 e. The molecule has 2 aromatic rings. The number of hydrogen-bond donors (Lipinski definition) is 1. The summed E-state index contributed by atoms with van der Waals surface area (Å²) in [6.45, 7) is 1.55. The van der Waals surface area contributed by atoms with E-state index in [1.54, 1.807) is 6.92 Å². The molecule has 17 heavy (non-hydrogen) atoms. The van der Waals surface area contributed by atoms with Crippen LogP contribution < -0.4 is 0 Å². The molecule has 88 valence electrons. The van der Waals surface area contributed by atoms with E-state index in [4.69, 9.17) is 5.11 Å². The van der Waals surface area contributed by atoms with Gasteiger partial charge in [0.15, 0.2) is 11.5 Å². The molecule has 0 unspecified atom stereocenters. The molecular weight excluding hydrogens is 230 g/mol. The van der Waals surface area contributed by atoms with E-state index in [0.29, 0.717) is 11.6 Å². The lowest BCUT2D eigenvalue weighted by Crippen LogP contribution is -2.03. The highest BCUT2D eigenvalue weighted by molar-refractivity contribution is 5.86. The van der Waals surface area contributed by atoms with Gasteiger partial charge in [-0.2, -0.15) is 5.10 Å². The second-order valence-corrected chi connectivity index (χ2v) is 3.51. The van der Waals surface area contributed by atoms with Crippen LogP contribution >= 0.6 is 0 Å². The zero-order chi connectivity index (χ0) is 12.6. The summed E-state index contributed by atoms with van der Waals surface area (Å²) in [5.74, 6) is -2.69. The van der Waals surface area contributed by atoms with E-state index in [0.717, 1.165) is 10.7 Å². The normalized spacial score (nSPS) is 10.5. The summed E-state index contributed by atoms with van der Waals surface area (Å²) in [7, 11) is 0. The summed E-state index contributed by atoms with van der Waals surface area (Å²) in [6.07, 6.45) is 1.37. The summed E-state index contributed by atoms with van der Waals surface area (Å²) in [6, 6.07) is 2.99. The summed E-state index contributed by atoms with van der Waals surface area (Å²) >= 11 is 0. The van der Waals surface area contributed by atoms with Crippen molar-refractivity contribution in [3.05, 3.63) is 47.3 Å². The molecule has 0 aliphatic heterocycles. The lowest BCUT2D eigenvalue weighted by molar-refractivity contribution is 0.0689. The Morgan fingerprint density at radius 1 is 1.41 bits per heavy atom. The number of rotatable bonds is 2. The fourth-order valence-corrected chi connectivity index (χ4v) is 1.46. The summed E-state index contributed by atoms with van der Waals surface area (Å²) in [5.41, 5.74) is 0.247. The maximum atomic E-state index is 13.4. The highest BCUT2D eigenvalue weighted by atomic mass is 19.1. The summed E-state index contributed by atoms with van der Waals surface area (Å²) in [5, 5.41) is 12.5. The first kappa shape index (κ1) is 11.3. The van der Waals surface area contributed by atoms with Crippen LogP contribution in [0, 0.1) is 18.6 Å². The Hall–Kier alpha value is -2.24. The molecule has 0 saturated carbocycles. The third kappa shape index (κ3) is 2.01. The van der Waals surface area contributed by atoms with Gasteiger partial charge in [-0.05, 0) is 19.1 Å². The highest BCUT2D eigenvalue weighted by Crippen LogP contribution is 2.16. The predicted octanol–water partition coefficient (Wildman–Crippen LogP) is 2.16. The smallest absolute Gasteiger partial charge is 0.356 e. The van der Waals surface area contributed by atoms with Crippen LogP contribution in [0.2, 0.25) is 0 Å². The number of hydrogen-bond acceptors (Lipinski definition) is 2. The molecule has 1 aromatic heterocycles. The van der Waals surface area contributed by atoms with Gasteiger partial charge in [-0.25, -0.2) is 18.3 Å². The molecule has 0 spiro atoms. The number of aryl methyl sites for hydroxylation is 1. The van der Waals surface area contributed by atoms with E-state index in [9.17, 15) is 13.6 Å². The third-order valence-electron chi connectivity index (χ3n) is 2.26. The average Bonchev–Trinajstić information content (AvgIpc) is 2.60. The minimum atomic E-state index is -1.19. The van der Waals surface area contributed by atoms with Crippen molar-refractivity contribution < 1.29 is 18.7 Å². The number of nitrogens with zero attached hydrogens (tertiary/aromatic N) is 2. The maximum Gasteiger partial charge on any atom is 0.356 e. The van der Waals surface area contributed by atoms with Gasteiger partial charge < -0.3 is 5.11 Å². The Morgan fingerprint density at radius 3 is 2.65 bits per heavy atom. The number of carbonyl (C=O) groups is 1. The number of halogens is 2. The van der Waals surface area contributed by atoms with Crippen molar-refractivity contribution in [2.45, 2.75) is 6.92 Å². The summed E-state index contributed by atoms with van der Waals surface area (Å²) < 4.78 is 27.2. The molecule has 1 heterocycles. The van der Waals surface area contributed by atoms with E-state index in [2.05, 4.69) is 5.10 Å². The van der Waals surface area contributed by atoms with Gasteiger partial charge in [0, 0.05) is 17.8 Å². The quantitative estimate of drug-likeness (QED) is 0.872. The Kier molecular flexibility index (Phi) is 2.63. The lowest BCUT2D eigenvalue weighted by Gasteiger charge is -2.02. The van der Waals surface area contributed by atoms with E-state index < -0.39 is 17.6 Å². The van der Waals surface area contributed by atoms with Crippen LogP contribution in [0.4, 0.5) is 8.78 Å². The molecule has 0 bridgehead atoms. The van der Waals surface area contributed by atoms with Crippen molar-refractivity contribution in [1.82, 2.24) is 9.78 Å². The number of aromatic nitrogens is 2. The van der Waals surface area contributed by atoms with E-state index in [1.165, 1.54) is 12.3 Å². The van der Waals surface area contributed by atoms with Gasteiger partial charge in [0.1, 0.15) is 11.5 Å². The molecular formula is C11H8F2N2O2. The Bertz CT molecular complexity index is 593. The average molecular weight is 238 g/mol. The molecule has 6 heteroatoms. The third-order valence-corrected chi connectivity index (χ3v) is 2.26. The number of carboxylic acids is 1. The van der Waals surface area contributed by atoms with Crippen molar-refractivity contribution in [1.29, 1.82) is 0 Å². The van der Waals surface area contributed by atoms with Gasteiger partial charge in [0.2, 0.25) is 0 Å². The van der Waals surface area contributed by atoms with E-state index in [1.807, 2.05) is 0 Å². The fourth-order valence-electron chi connectivity index (χ4n) is 1.46. The Balaban J connectivity index is 2.53. The molecule has 0 radical (unpaired) electrons. The van der Waals surface area contributed by atoms with Crippen LogP contribution in [-0.2, 0) is 0 Å². The first-order valence-corrected chi connectivity index (χ1v) is 4.74. The monoisotopic (exact) mass is 238 g/mol. The fraction of sp³-hybridized carbons (Fsp3) is 0.0909. The van der Waals surface area contributed by atoms with Crippen molar-refractivity contribution in [3.63, 3.8) is 0 Å². The van der Waals surface area contributed by atoms with E-state index in [-0.39, 0.29) is 11.4 Å². The highest BCUT2D eigenvalue weighted by Gasteiger charge is 2.15. The standard InChI is InChI=1S/C11H8F2N2O2/c1-6-5-15(14-10(6)11(16)17)9-3-2-7(12)4-8(9)13/h2-5H,1H3,(H,16,17). The molecule has 2 rings (SSSR count). The number of carboxylic acid groups (broad SMARTS) is 1. The van der Waals surface area contributed by atoms with Crippen LogP contribution in [0.5, 0.6) is 0 Å². The van der Waals surface area contributed by atoms with Gasteiger partial charge in [0.05, 0.1) is 0 Å². The maximum absolute atomic E-state index is 13.4. The predicted molar refractivity (Wildman–Crippen MR) is 55.2 cm³/mol. The zero-order valence-electron chi connectivity index (χ0n) is 8.82. The van der Waals surface area contributed by atoms with Gasteiger partial charge in [-0.1, -0.05) is 0 Å². The Morgan fingerprint density at radius 2 is 2.12 bits per heavy atom. The van der Waals surface area contributed by atoms with Crippen molar-refractivity contribution in [3.8, 4) is 5.69 Å². The van der Waals surface area contributed by atoms with E-state index >= 15 is 0 Å². The van der Waals surface area contributed by atoms with Gasteiger partial charge >= 0.3 is 5.97 Å². The van der Waals surface area contributed by atoms with Gasteiger partial charge in [-0.3, -0.25) is 0 Å². The molecule has 0 saturated heterocycles. The van der Waals surface area contributed by atoms with Crippen LogP contribution in [0.25, 0.3) is 5.69 Å². The number of aromatic carboxylic acids is 1. The molecule has 0 aliphatic carbocycles. The zero-order valence-corrected chi connectivity index (χ0v) is 8.82. The first-order chi connectivity index (χ1) is 7.99. The van der Waals surface area contributed by atoms with Crippen molar-refractivity contribution in [2.75, 3.05) is 0 Å². The molecule has 1 N–H and O–H groups in total. The minimum absolute atomic E-state index is 0.00185. The lowest BCUT2D eigenvalue weighted by atomic mass is 10.3. The Labute approximate surface area is 95.1 Å². The molecule has 0 fully saturated rings. The first-order valence-electron chi connectivity index (χ1n) is 4.74. The van der Waals surface area contributed by atoms with Gasteiger partial charge in [-0.15, -0.1) is 0 Å². The van der Waals surface area contributed by atoms with Crippen molar-refractivity contribution in [2.24, 2.45) is 0 Å². The summed E-state index contributed by atoms with van der Waals surface area (Å²) in [4.78, 5) is 10.8. The van der Waals surface area contributed by atoms with Crippen LogP contribution in [0.1, 0.15) is 16.1 Å². The van der Waals surface area contributed by atoms with Crippen LogP contribution in [-0.4, -0.2) is 20.9 Å². The molecule has 0 aliphatic rings. The molecule has 4 nitrogen and oxygen atoms in total. The number of benzene rings is 1. The molecule has 0 atom stereocenters. The van der Waals surface area contributed by atoms with Crippen molar-refractivity contribution >= 4 is 5.97 Å². The second kappa shape index (κ2) is 3.97. The topological polar surface area (TPSA) is 55.1 Å². The van der Waals surface area contributed by atoms with Crippen LogP contribution in [0.15, 0.2) is 24.4 Å². The van der Waals surface area contributed by atoms with Crippen LogP contribution in [0.3, 0.4) is 0 Å². The molecule has 0 amide bonds. The van der Waals surface area contributed by atoms with Gasteiger partial charge in [0.25, 0.3) is 0 Å². The minimum Gasteiger partial charge on any atom is -0.476 e. The second-order valence-electron chi connectivity index (χ2n) is 3.51.